The number of fused-ring (bicyclic) bond motifs is 1. The van der Waals surface area contributed by atoms with Gasteiger partial charge in [-0.2, -0.15) is 0 Å². The topological polar surface area (TPSA) is 80.9 Å². The second kappa shape index (κ2) is 4.49. The third-order valence-corrected chi connectivity index (χ3v) is 2.55. The van der Waals surface area contributed by atoms with E-state index in [0.29, 0.717) is 22.6 Å². The van der Waals surface area contributed by atoms with E-state index in [9.17, 15) is 4.79 Å². The maximum absolute atomic E-state index is 12.0. The summed E-state index contributed by atoms with van der Waals surface area (Å²) in [6, 6.07) is 6.74. The summed E-state index contributed by atoms with van der Waals surface area (Å²) in [4.78, 5) is 24.1. The van der Waals surface area contributed by atoms with Gasteiger partial charge >= 0.3 is 0 Å². The second-order valence-corrected chi connectivity index (χ2v) is 3.94. The van der Waals surface area contributed by atoms with Gasteiger partial charge in [-0.05, 0) is 24.3 Å². The van der Waals surface area contributed by atoms with Crippen LogP contribution in [0.15, 0.2) is 41.1 Å². The minimum absolute atomic E-state index is 0.268. The van der Waals surface area contributed by atoms with Crippen LogP contribution in [-0.2, 0) is 0 Å². The molecule has 6 nitrogen and oxygen atoms in total. The van der Waals surface area contributed by atoms with Gasteiger partial charge in [0.15, 0.2) is 11.5 Å². The lowest BCUT2D eigenvalue weighted by molar-refractivity contribution is 0.102. The molecule has 0 saturated carbocycles. The Kier molecular flexibility index (Phi) is 2.68. The average molecular weight is 254 g/mol. The van der Waals surface area contributed by atoms with Crippen LogP contribution in [0, 0.1) is 6.92 Å². The summed E-state index contributed by atoms with van der Waals surface area (Å²) >= 11 is 0. The molecule has 0 saturated heterocycles. The average Bonchev–Trinajstić information content (AvgIpc) is 2.78. The van der Waals surface area contributed by atoms with Crippen molar-refractivity contribution in [2.24, 2.45) is 0 Å². The van der Waals surface area contributed by atoms with Crippen molar-refractivity contribution in [3.05, 3.63) is 48.1 Å². The lowest BCUT2D eigenvalue weighted by Crippen LogP contribution is -2.13. The first kappa shape index (κ1) is 11.3. The molecule has 0 aliphatic rings. The number of amides is 1. The Balaban J connectivity index is 1.89. The van der Waals surface area contributed by atoms with E-state index in [4.69, 9.17) is 4.42 Å². The zero-order valence-corrected chi connectivity index (χ0v) is 10.1. The number of benzene rings is 1. The van der Waals surface area contributed by atoms with Crippen LogP contribution in [0.1, 0.15) is 16.2 Å². The summed E-state index contributed by atoms with van der Waals surface area (Å²) in [5, 5.41) is 2.61. The normalized spacial score (nSPS) is 10.6. The van der Waals surface area contributed by atoms with E-state index in [0.717, 1.165) is 0 Å². The first-order valence-electron chi connectivity index (χ1n) is 5.68. The van der Waals surface area contributed by atoms with Gasteiger partial charge in [-0.15, -0.1) is 0 Å². The lowest BCUT2D eigenvalue weighted by Gasteiger charge is -2.02. The molecule has 0 radical (unpaired) electrons. The maximum atomic E-state index is 12.0. The SMILES string of the molecule is Cc1nc2cc(C(=O)Nc3ncccn3)ccc2o1. The van der Waals surface area contributed by atoms with E-state index in [-0.39, 0.29) is 11.9 Å². The maximum Gasteiger partial charge on any atom is 0.258 e. The summed E-state index contributed by atoms with van der Waals surface area (Å²) in [6.07, 6.45) is 3.12. The van der Waals surface area contributed by atoms with Gasteiger partial charge in [0.05, 0.1) is 0 Å². The highest BCUT2D eigenvalue weighted by Gasteiger charge is 2.10. The molecule has 0 bridgehead atoms. The Morgan fingerprint density at radius 1 is 1.26 bits per heavy atom. The predicted octanol–water partition coefficient (Wildman–Crippen LogP) is 2.18. The quantitative estimate of drug-likeness (QED) is 0.758. The van der Waals surface area contributed by atoms with E-state index in [1.807, 2.05) is 0 Å². The molecule has 0 fully saturated rings. The van der Waals surface area contributed by atoms with E-state index in [1.54, 1.807) is 43.6 Å². The van der Waals surface area contributed by atoms with Crippen molar-refractivity contribution in [3.63, 3.8) is 0 Å². The van der Waals surface area contributed by atoms with Crippen LogP contribution in [0.25, 0.3) is 11.1 Å². The number of carbonyl (C=O) groups excluding carboxylic acids is 1. The molecule has 3 rings (SSSR count). The van der Waals surface area contributed by atoms with Crippen LogP contribution in [0.2, 0.25) is 0 Å². The number of aryl methyl sites for hydroxylation is 1. The van der Waals surface area contributed by atoms with Gasteiger partial charge in [0.1, 0.15) is 5.52 Å². The molecule has 2 heterocycles. The largest absolute Gasteiger partial charge is 0.441 e. The number of hydrogen-bond donors (Lipinski definition) is 1. The lowest BCUT2D eigenvalue weighted by atomic mass is 10.2. The molecule has 0 aliphatic heterocycles. The molecule has 3 aromatic rings. The molecule has 1 aromatic carbocycles. The minimum atomic E-state index is -0.284. The summed E-state index contributed by atoms with van der Waals surface area (Å²) in [5.41, 5.74) is 1.79. The van der Waals surface area contributed by atoms with Crippen molar-refractivity contribution in [1.29, 1.82) is 0 Å². The fraction of sp³-hybridized carbons (Fsp3) is 0.0769. The summed E-state index contributed by atoms with van der Waals surface area (Å²) < 4.78 is 5.35. The van der Waals surface area contributed by atoms with Crippen LogP contribution in [0.3, 0.4) is 0 Å². The van der Waals surface area contributed by atoms with Crippen molar-refractivity contribution < 1.29 is 9.21 Å². The van der Waals surface area contributed by atoms with Crippen molar-refractivity contribution in [3.8, 4) is 0 Å². The van der Waals surface area contributed by atoms with Crippen molar-refractivity contribution in [2.45, 2.75) is 6.92 Å². The summed E-state index contributed by atoms with van der Waals surface area (Å²) in [5.74, 6) is 0.552. The van der Waals surface area contributed by atoms with Crippen molar-refractivity contribution >= 4 is 23.0 Å². The molecule has 6 heteroatoms. The molecular weight excluding hydrogens is 244 g/mol. The molecular formula is C13H10N4O2. The number of nitrogens with zero attached hydrogens (tertiary/aromatic N) is 3. The van der Waals surface area contributed by atoms with Gasteiger partial charge in [0.25, 0.3) is 5.91 Å². The zero-order chi connectivity index (χ0) is 13.2. The van der Waals surface area contributed by atoms with Gasteiger partial charge in [-0.1, -0.05) is 0 Å². The fourth-order valence-corrected chi connectivity index (χ4v) is 1.72. The second-order valence-electron chi connectivity index (χ2n) is 3.94. The monoisotopic (exact) mass is 254 g/mol. The molecule has 0 spiro atoms. The number of hydrogen-bond acceptors (Lipinski definition) is 5. The number of oxazole rings is 1. The number of nitrogens with one attached hydrogen (secondary N) is 1. The molecule has 0 aliphatic carbocycles. The molecule has 2 aromatic heterocycles. The zero-order valence-electron chi connectivity index (χ0n) is 10.1. The Hall–Kier alpha value is -2.76. The van der Waals surface area contributed by atoms with Crippen LogP contribution in [-0.4, -0.2) is 20.9 Å². The molecule has 0 unspecified atom stereocenters. The Bertz CT molecular complexity index is 737. The Morgan fingerprint density at radius 3 is 2.84 bits per heavy atom. The number of anilines is 1. The first-order valence-corrected chi connectivity index (χ1v) is 5.68. The van der Waals surface area contributed by atoms with Crippen LogP contribution in [0.4, 0.5) is 5.95 Å². The van der Waals surface area contributed by atoms with E-state index in [2.05, 4.69) is 20.3 Å². The van der Waals surface area contributed by atoms with Crippen molar-refractivity contribution in [2.75, 3.05) is 5.32 Å². The molecule has 1 amide bonds. The van der Waals surface area contributed by atoms with Crippen molar-refractivity contribution in [1.82, 2.24) is 15.0 Å². The van der Waals surface area contributed by atoms with Crippen LogP contribution >= 0.6 is 0 Å². The van der Waals surface area contributed by atoms with Gasteiger partial charge in [0.2, 0.25) is 5.95 Å². The molecule has 0 atom stereocenters. The summed E-state index contributed by atoms with van der Waals surface area (Å²) in [6.45, 7) is 1.76. The molecule has 1 N–H and O–H groups in total. The number of aromatic nitrogens is 3. The molecule has 94 valence electrons. The van der Waals surface area contributed by atoms with Gasteiger partial charge in [0, 0.05) is 24.9 Å². The Labute approximate surface area is 108 Å². The van der Waals surface area contributed by atoms with Gasteiger partial charge in [-0.25, -0.2) is 15.0 Å². The smallest absolute Gasteiger partial charge is 0.258 e. The highest BCUT2D eigenvalue weighted by molar-refractivity contribution is 6.04. The van der Waals surface area contributed by atoms with Crippen LogP contribution < -0.4 is 5.32 Å². The summed E-state index contributed by atoms with van der Waals surface area (Å²) in [7, 11) is 0. The Morgan fingerprint density at radius 2 is 2.05 bits per heavy atom. The van der Waals surface area contributed by atoms with E-state index >= 15 is 0 Å². The van der Waals surface area contributed by atoms with E-state index in [1.165, 1.54) is 0 Å². The fourth-order valence-electron chi connectivity index (χ4n) is 1.72. The van der Waals surface area contributed by atoms with E-state index < -0.39 is 0 Å². The highest BCUT2D eigenvalue weighted by Crippen LogP contribution is 2.17. The minimum Gasteiger partial charge on any atom is -0.441 e. The number of carbonyl (C=O) groups is 1. The first-order chi connectivity index (χ1) is 9.22. The third kappa shape index (κ3) is 2.28. The van der Waals surface area contributed by atoms with Crippen LogP contribution in [0.5, 0.6) is 0 Å². The standard InChI is InChI=1S/C13H10N4O2/c1-8-16-10-7-9(3-4-11(10)19-8)12(18)17-13-14-5-2-6-15-13/h2-7H,1H3,(H,14,15,17,18). The molecule has 19 heavy (non-hydrogen) atoms. The third-order valence-electron chi connectivity index (χ3n) is 2.55. The van der Waals surface area contributed by atoms with Gasteiger partial charge in [-0.3, -0.25) is 10.1 Å². The highest BCUT2D eigenvalue weighted by atomic mass is 16.3. The predicted molar refractivity (Wildman–Crippen MR) is 68.7 cm³/mol. The van der Waals surface area contributed by atoms with Gasteiger partial charge < -0.3 is 4.42 Å². The number of rotatable bonds is 2.